The summed E-state index contributed by atoms with van der Waals surface area (Å²) in [5, 5.41) is 230. The standard InChI is InChI=1S/C42H70O35.C19H34O3/c43-1-8-29-15(50)22(57)36(64-8)72-30-9(2-44)66-38(24(59)17(30)52)74-32-11(4-46)68-40(26(61)19(32)54)76-34-13(6-48)70-42(28(63)21(34)56)77-35-14(7-49)69-41(27(62)20(35)55)75-33-12(5-47)67-39(25(60)18(33)53)73-31-10(3-45)65-37(71-29)23(58)16(31)51;1-15(2)22-18(20)14-17(4)11-8-10-16(3)12-9-13-19(5,6)21-7/h8-63H,1-7H2;8,11,14-16H,9-10,12-13H2,1-7H3/b;11-8+,17-14+/t8-,9-,10-,11-,12-,13-,14-,15-,16-,17-,18-,19-,20-,21-,22-,23-,24-,25-,26-,27-,28-,29-,30-,31-,32-,33-,34-,35-,36-,37-,38-,39-,40-,41-,42-;/m1./s1. The molecule has 0 spiro atoms. The SMILES string of the molecule is COC(C)(C)CCCC(C)C/C=C/C(C)=C/C(=O)OC(C)C.OC[C@H]1O[C@@H]2O[C@H]3[C@H](O)[C@@H](O)[C@@H](O[C@H]4[C@H](O)[C@@H](O)[C@@H](O[C@H]5[C@H](O)[C@@H](O)[C@@H](O[C@H]6[C@H](O)[C@@H](O)[C@@H](O[C@H]7[C@H](O)[C@@H](O)[C@@H](O[C@H]8[C@H](O)[C@@H](O)[C@@H](O[C@H]1[C@H](O)[C@H]2O)O[C@@H]8CO)O[C@@H]7CO)O[C@@H]6CO)O[C@@H]5CO)O[C@@H]4CO)O[C@@H]3CO. The average Bonchev–Trinajstić information content (AvgIpc) is 0.787. The molecular formula is C61H104O38. The maximum atomic E-state index is 11.5. The topological polar surface area (TPSA) is 590 Å². The second-order valence-corrected chi connectivity index (χ2v) is 26.6. The highest BCUT2D eigenvalue weighted by molar-refractivity contribution is 5.83. The van der Waals surface area contributed by atoms with Crippen molar-refractivity contribution in [1.29, 1.82) is 0 Å². The van der Waals surface area contributed by atoms with Gasteiger partial charge in [0.15, 0.2) is 44.0 Å². The van der Waals surface area contributed by atoms with Crippen molar-refractivity contribution in [3.63, 3.8) is 0 Å². The summed E-state index contributed by atoms with van der Waals surface area (Å²) in [5.74, 6) is 0.367. The molecule has 21 aliphatic rings. The van der Waals surface area contributed by atoms with Crippen molar-refractivity contribution in [1.82, 2.24) is 0 Å². The monoisotopic (exact) mass is 1440 g/mol. The van der Waals surface area contributed by atoms with Crippen LogP contribution in [0, 0.1) is 5.92 Å². The van der Waals surface area contributed by atoms with Gasteiger partial charge in [-0.25, -0.2) is 4.79 Å². The van der Waals surface area contributed by atoms with E-state index in [1.807, 2.05) is 26.8 Å². The number of rotatable bonds is 17. The molecule has 0 saturated carbocycles. The van der Waals surface area contributed by atoms with Crippen molar-refractivity contribution in [3.8, 4) is 0 Å². The van der Waals surface area contributed by atoms with Crippen LogP contribution in [0.4, 0.5) is 0 Å². The zero-order valence-electron chi connectivity index (χ0n) is 55.7. The highest BCUT2D eigenvalue weighted by Gasteiger charge is 2.59. The summed E-state index contributed by atoms with van der Waals surface area (Å²) in [6, 6.07) is 0. The molecule has 21 rings (SSSR count). The Kier molecular flexibility index (Phi) is 31.9. The molecule has 36 atom stereocenters. The van der Waals surface area contributed by atoms with E-state index < -0.39 is 261 Å². The molecule has 576 valence electrons. The predicted molar refractivity (Wildman–Crippen MR) is 321 cm³/mol. The third-order valence-electron chi connectivity index (χ3n) is 18.4. The first kappa shape index (κ1) is 83.8. The maximum absolute atomic E-state index is 11.5. The Morgan fingerprint density at radius 1 is 0.384 bits per heavy atom. The van der Waals surface area contributed by atoms with Crippen molar-refractivity contribution >= 4 is 5.97 Å². The van der Waals surface area contributed by atoms with Gasteiger partial charge in [-0.1, -0.05) is 31.9 Å². The molecule has 0 aliphatic carbocycles. The highest BCUT2D eigenvalue weighted by Crippen LogP contribution is 2.39. The van der Waals surface area contributed by atoms with Gasteiger partial charge in [0.05, 0.1) is 58.0 Å². The zero-order chi connectivity index (χ0) is 73.2. The maximum Gasteiger partial charge on any atom is 0.331 e. The molecule has 1 unspecified atom stereocenters. The first-order valence-corrected chi connectivity index (χ1v) is 32.9. The van der Waals surface area contributed by atoms with E-state index >= 15 is 0 Å². The van der Waals surface area contributed by atoms with Gasteiger partial charge in [-0.2, -0.15) is 0 Å². The Morgan fingerprint density at radius 2 is 0.606 bits per heavy atom. The predicted octanol–water partition coefficient (Wildman–Crippen LogP) is -10.2. The molecule has 21 aliphatic heterocycles. The minimum absolute atomic E-state index is 0.0222. The fourth-order valence-corrected chi connectivity index (χ4v) is 12.5. The first-order valence-electron chi connectivity index (χ1n) is 32.9. The molecule has 0 aromatic heterocycles. The quantitative estimate of drug-likeness (QED) is 0.0365. The lowest BCUT2D eigenvalue weighted by Crippen LogP contribution is -2.68. The molecule has 0 radical (unpaired) electrons. The number of aliphatic hydroxyl groups excluding tert-OH is 21. The van der Waals surface area contributed by atoms with Crippen LogP contribution in [0.1, 0.15) is 67.2 Å². The van der Waals surface area contributed by atoms with Gasteiger partial charge < -0.3 is 183 Å². The van der Waals surface area contributed by atoms with E-state index in [-0.39, 0.29) is 17.7 Å². The number of hydrogen-bond acceptors (Lipinski definition) is 38. The largest absolute Gasteiger partial charge is 0.460 e. The van der Waals surface area contributed by atoms with E-state index in [9.17, 15) is 112 Å². The summed E-state index contributed by atoms with van der Waals surface area (Å²) in [4.78, 5) is 11.5. The average molecular weight is 1450 g/mol. The van der Waals surface area contributed by atoms with Crippen LogP contribution in [0.15, 0.2) is 23.8 Å². The molecule has 38 nitrogen and oxygen atoms in total. The molecule has 99 heavy (non-hydrogen) atoms. The Morgan fingerprint density at radius 3 is 0.798 bits per heavy atom. The lowest BCUT2D eigenvalue weighted by molar-refractivity contribution is -0.396. The number of allylic oxidation sites excluding steroid dienone is 3. The van der Waals surface area contributed by atoms with Crippen LogP contribution in [0.3, 0.4) is 0 Å². The number of ether oxygens (including phenoxy) is 16. The van der Waals surface area contributed by atoms with Crippen molar-refractivity contribution in [3.05, 3.63) is 23.8 Å². The second kappa shape index (κ2) is 37.7. The molecule has 14 bridgehead atoms. The minimum Gasteiger partial charge on any atom is -0.460 e. The fraction of sp³-hybridized carbons (Fsp3) is 0.918. The molecular weight excluding hydrogens is 1340 g/mol. The van der Waals surface area contributed by atoms with E-state index in [0.29, 0.717) is 5.92 Å². The molecule has 38 heteroatoms. The summed E-state index contributed by atoms with van der Waals surface area (Å²) in [6.45, 7) is 4.81. The summed E-state index contributed by atoms with van der Waals surface area (Å²) in [5.41, 5.74) is 0.907. The number of aliphatic hydroxyl groups is 21. The van der Waals surface area contributed by atoms with Gasteiger partial charge in [0, 0.05) is 13.2 Å². The summed E-state index contributed by atoms with van der Waals surface area (Å²) in [7, 11) is 1.77. The molecule has 0 amide bonds. The number of methoxy groups -OCH3 is 1. The number of carbonyl (C=O) groups is 1. The van der Waals surface area contributed by atoms with Crippen LogP contribution in [0.25, 0.3) is 0 Å². The van der Waals surface area contributed by atoms with Gasteiger partial charge in [-0.05, 0) is 59.0 Å². The van der Waals surface area contributed by atoms with Crippen molar-refractivity contribution in [2.45, 2.75) is 294 Å². The second-order valence-electron chi connectivity index (χ2n) is 26.6. The molecule has 21 fully saturated rings. The lowest BCUT2D eigenvalue weighted by Gasteiger charge is -2.50. The van der Waals surface area contributed by atoms with Crippen LogP contribution < -0.4 is 0 Å². The Hall–Kier alpha value is -2.49. The lowest BCUT2D eigenvalue weighted by atomic mass is 9.95. The van der Waals surface area contributed by atoms with Gasteiger partial charge in [-0.15, -0.1) is 0 Å². The molecule has 21 N–H and O–H groups in total. The number of carbonyl (C=O) groups excluding carboxylic acids is 1. The van der Waals surface area contributed by atoms with Crippen molar-refractivity contribution in [2.75, 3.05) is 53.4 Å². The molecule has 0 aromatic rings. The van der Waals surface area contributed by atoms with Crippen LogP contribution in [-0.2, 0) is 80.6 Å². The van der Waals surface area contributed by atoms with Crippen LogP contribution in [0.5, 0.6) is 0 Å². The molecule has 21 heterocycles. The number of hydrogen-bond donors (Lipinski definition) is 21. The third kappa shape index (κ3) is 20.2. The summed E-state index contributed by atoms with van der Waals surface area (Å²) < 4.78 is 90.0. The van der Waals surface area contributed by atoms with Gasteiger partial charge >= 0.3 is 5.97 Å². The van der Waals surface area contributed by atoms with E-state index in [4.69, 9.17) is 75.8 Å². The Bertz CT molecular complexity index is 2100. The normalized spacial score (nSPS) is 46.3. The fourth-order valence-electron chi connectivity index (χ4n) is 12.5. The third-order valence-corrected chi connectivity index (χ3v) is 18.4. The summed E-state index contributed by atoms with van der Waals surface area (Å²) in [6.07, 6.45) is -60.2. The van der Waals surface area contributed by atoms with Crippen molar-refractivity contribution < 1.29 is 188 Å². The zero-order valence-corrected chi connectivity index (χ0v) is 55.7. The van der Waals surface area contributed by atoms with Crippen LogP contribution in [-0.4, -0.2) is 393 Å². The number of esters is 1. The Labute approximate surface area is 569 Å². The molecule has 21 saturated heterocycles. The summed E-state index contributed by atoms with van der Waals surface area (Å²) >= 11 is 0. The van der Waals surface area contributed by atoms with Gasteiger partial charge in [0.1, 0.15) is 171 Å². The van der Waals surface area contributed by atoms with Gasteiger partial charge in [0.25, 0.3) is 0 Å². The minimum atomic E-state index is -2.21. The van der Waals surface area contributed by atoms with Crippen LogP contribution in [0.2, 0.25) is 0 Å². The highest BCUT2D eigenvalue weighted by atomic mass is 16.8. The Balaban J connectivity index is 0.000000537. The van der Waals surface area contributed by atoms with Crippen molar-refractivity contribution in [2.24, 2.45) is 5.92 Å². The van der Waals surface area contributed by atoms with E-state index in [2.05, 4.69) is 26.8 Å². The molecule has 0 aromatic carbocycles. The van der Waals surface area contributed by atoms with Gasteiger partial charge in [0.2, 0.25) is 0 Å². The van der Waals surface area contributed by atoms with E-state index in [0.717, 1.165) is 18.4 Å². The van der Waals surface area contributed by atoms with E-state index in [1.165, 1.54) is 12.8 Å². The van der Waals surface area contributed by atoms with Crippen LogP contribution >= 0.6 is 0 Å². The smallest absolute Gasteiger partial charge is 0.331 e. The first-order chi connectivity index (χ1) is 46.8. The van der Waals surface area contributed by atoms with E-state index in [1.54, 1.807) is 13.2 Å². The van der Waals surface area contributed by atoms with Gasteiger partial charge in [-0.3, -0.25) is 0 Å².